The molecule has 0 saturated carbocycles. The standard InChI is InChI=1S/C24H28F2N2O4/c1-4-14-28(16-22(29)27-19-9-7-6-8-17(19)3)23(30)13-11-18-10-12-20(32-24(25)26)21(15-18)31-5-2/h6-13,15,24H,4-5,14,16H2,1-3H3,(H,27,29)/b13-11+. The molecule has 0 saturated heterocycles. The van der Waals surface area contributed by atoms with Crippen molar-refractivity contribution in [1.29, 1.82) is 0 Å². The molecule has 2 aromatic carbocycles. The number of rotatable bonds is 11. The molecule has 2 aromatic rings. The van der Waals surface area contributed by atoms with Crippen molar-refractivity contribution < 1.29 is 27.8 Å². The summed E-state index contributed by atoms with van der Waals surface area (Å²) in [5.41, 5.74) is 2.20. The molecule has 6 nitrogen and oxygen atoms in total. The zero-order valence-corrected chi connectivity index (χ0v) is 18.4. The van der Waals surface area contributed by atoms with Crippen molar-refractivity contribution in [2.45, 2.75) is 33.8 Å². The van der Waals surface area contributed by atoms with E-state index in [1.165, 1.54) is 23.1 Å². The lowest BCUT2D eigenvalue weighted by Gasteiger charge is -2.20. The van der Waals surface area contributed by atoms with Crippen LogP contribution in [-0.4, -0.2) is 43.0 Å². The van der Waals surface area contributed by atoms with Crippen molar-refractivity contribution in [2.75, 3.05) is 25.0 Å². The molecule has 0 unspecified atom stereocenters. The summed E-state index contributed by atoms with van der Waals surface area (Å²) in [5, 5.41) is 2.82. The van der Waals surface area contributed by atoms with Gasteiger partial charge in [0.05, 0.1) is 6.61 Å². The molecule has 8 heteroatoms. The van der Waals surface area contributed by atoms with Gasteiger partial charge < -0.3 is 19.7 Å². The van der Waals surface area contributed by atoms with Crippen molar-refractivity contribution >= 4 is 23.6 Å². The number of amides is 2. The molecular weight excluding hydrogens is 418 g/mol. The smallest absolute Gasteiger partial charge is 0.387 e. The fourth-order valence-corrected chi connectivity index (χ4v) is 2.98. The quantitative estimate of drug-likeness (QED) is 0.500. The molecule has 2 rings (SSSR count). The minimum absolute atomic E-state index is 0.0780. The van der Waals surface area contributed by atoms with Gasteiger partial charge in [-0.3, -0.25) is 9.59 Å². The van der Waals surface area contributed by atoms with E-state index in [0.717, 1.165) is 5.56 Å². The van der Waals surface area contributed by atoms with Crippen LogP contribution in [0.2, 0.25) is 0 Å². The van der Waals surface area contributed by atoms with Gasteiger partial charge >= 0.3 is 6.61 Å². The van der Waals surface area contributed by atoms with Gasteiger partial charge in [0, 0.05) is 18.3 Å². The highest BCUT2D eigenvalue weighted by molar-refractivity contribution is 5.98. The van der Waals surface area contributed by atoms with Crippen molar-refractivity contribution in [3.8, 4) is 11.5 Å². The van der Waals surface area contributed by atoms with Gasteiger partial charge in [0.1, 0.15) is 6.54 Å². The topological polar surface area (TPSA) is 67.9 Å². The summed E-state index contributed by atoms with van der Waals surface area (Å²) in [4.78, 5) is 26.6. The number of nitrogens with zero attached hydrogens (tertiary/aromatic N) is 1. The summed E-state index contributed by atoms with van der Waals surface area (Å²) in [7, 11) is 0. The lowest BCUT2D eigenvalue weighted by atomic mass is 10.2. The monoisotopic (exact) mass is 446 g/mol. The third-order valence-electron chi connectivity index (χ3n) is 4.46. The molecule has 0 aromatic heterocycles. The van der Waals surface area contributed by atoms with Crippen LogP contribution in [0.1, 0.15) is 31.4 Å². The number of benzene rings is 2. The maximum atomic E-state index is 12.7. The van der Waals surface area contributed by atoms with Crippen LogP contribution in [0.3, 0.4) is 0 Å². The fourth-order valence-electron chi connectivity index (χ4n) is 2.98. The Morgan fingerprint density at radius 1 is 1.12 bits per heavy atom. The number of anilines is 1. The second kappa shape index (κ2) is 12.4. The second-order valence-corrected chi connectivity index (χ2v) is 6.97. The maximum Gasteiger partial charge on any atom is 0.387 e. The van der Waals surface area contributed by atoms with Crippen molar-refractivity contribution in [3.05, 3.63) is 59.7 Å². The average Bonchev–Trinajstić information content (AvgIpc) is 2.75. The van der Waals surface area contributed by atoms with Crippen molar-refractivity contribution in [1.82, 2.24) is 4.90 Å². The highest BCUT2D eigenvalue weighted by Gasteiger charge is 2.15. The number of halogens is 2. The normalized spacial score (nSPS) is 10.9. The predicted octanol–water partition coefficient (Wildman–Crippen LogP) is 4.89. The van der Waals surface area contributed by atoms with E-state index in [-0.39, 0.29) is 36.5 Å². The van der Waals surface area contributed by atoms with Gasteiger partial charge in [-0.15, -0.1) is 0 Å². The first-order valence-corrected chi connectivity index (χ1v) is 10.4. The first-order chi connectivity index (χ1) is 15.3. The molecule has 0 aliphatic rings. The highest BCUT2D eigenvalue weighted by atomic mass is 19.3. The molecule has 2 amide bonds. The number of carbonyl (C=O) groups is 2. The number of alkyl halides is 2. The fraction of sp³-hybridized carbons (Fsp3) is 0.333. The van der Waals surface area contributed by atoms with Gasteiger partial charge in [-0.05, 0) is 55.7 Å². The van der Waals surface area contributed by atoms with Crippen LogP contribution in [0.15, 0.2) is 48.5 Å². The molecule has 0 spiro atoms. The van der Waals surface area contributed by atoms with E-state index in [2.05, 4.69) is 10.1 Å². The summed E-state index contributed by atoms with van der Waals surface area (Å²) in [6.45, 7) is 3.16. The van der Waals surface area contributed by atoms with E-state index in [9.17, 15) is 18.4 Å². The third-order valence-corrected chi connectivity index (χ3v) is 4.46. The number of hydrogen-bond acceptors (Lipinski definition) is 4. The summed E-state index contributed by atoms with van der Waals surface area (Å²) in [6.07, 6.45) is 3.57. The Balaban J connectivity index is 2.08. The van der Waals surface area contributed by atoms with E-state index >= 15 is 0 Å². The van der Waals surface area contributed by atoms with E-state index in [0.29, 0.717) is 24.2 Å². The molecule has 0 atom stereocenters. The molecule has 172 valence electrons. The largest absolute Gasteiger partial charge is 0.490 e. The molecule has 0 radical (unpaired) electrons. The zero-order chi connectivity index (χ0) is 23.5. The minimum Gasteiger partial charge on any atom is -0.490 e. The Morgan fingerprint density at radius 2 is 1.88 bits per heavy atom. The van der Waals surface area contributed by atoms with Crippen molar-refractivity contribution in [2.24, 2.45) is 0 Å². The predicted molar refractivity (Wildman–Crippen MR) is 120 cm³/mol. The maximum absolute atomic E-state index is 12.7. The van der Waals surface area contributed by atoms with Crippen LogP contribution in [-0.2, 0) is 9.59 Å². The number of nitrogens with one attached hydrogen (secondary N) is 1. The Kier molecular flexibility index (Phi) is 9.66. The zero-order valence-electron chi connectivity index (χ0n) is 18.4. The van der Waals surface area contributed by atoms with Crippen molar-refractivity contribution in [3.63, 3.8) is 0 Å². The molecule has 0 fully saturated rings. The summed E-state index contributed by atoms with van der Waals surface area (Å²) < 4.78 is 34.9. The number of aryl methyl sites for hydroxylation is 1. The molecule has 0 aliphatic carbocycles. The highest BCUT2D eigenvalue weighted by Crippen LogP contribution is 2.30. The number of hydrogen-bond donors (Lipinski definition) is 1. The lowest BCUT2D eigenvalue weighted by Crippen LogP contribution is -2.37. The first kappa shape index (κ1) is 24.8. The Bertz CT molecular complexity index is 947. The number of carbonyl (C=O) groups excluding carboxylic acids is 2. The van der Waals surface area contributed by atoms with Gasteiger partial charge in [-0.2, -0.15) is 8.78 Å². The molecule has 0 aliphatic heterocycles. The summed E-state index contributed by atoms with van der Waals surface area (Å²) in [6, 6.07) is 11.8. The Morgan fingerprint density at radius 3 is 2.53 bits per heavy atom. The van der Waals surface area contributed by atoms with Crippen LogP contribution >= 0.6 is 0 Å². The van der Waals surface area contributed by atoms with Crippen LogP contribution in [0.25, 0.3) is 6.08 Å². The number of para-hydroxylation sites is 1. The molecule has 0 bridgehead atoms. The third kappa shape index (κ3) is 7.68. The lowest BCUT2D eigenvalue weighted by molar-refractivity contribution is -0.130. The van der Waals surface area contributed by atoms with Crippen LogP contribution in [0.4, 0.5) is 14.5 Å². The van der Waals surface area contributed by atoms with E-state index in [1.807, 2.05) is 32.0 Å². The van der Waals surface area contributed by atoms with Gasteiger partial charge in [0.15, 0.2) is 11.5 Å². The molecule has 0 heterocycles. The average molecular weight is 446 g/mol. The van der Waals surface area contributed by atoms with Gasteiger partial charge in [0.2, 0.25) is 11.8 Å². The molecule has 1 N–H and O–H groups in total. The van der Waals surface area contributed by atoms with Gasteiger partial charge in [-0.25, -0.2) is 0 Å². The first-order valence-electron chi connectivity index (χ1n) is 10.4. The Hall–Kier alpha value is -3.42. The van der Waals surface area contributed by atoms with Gasteiger partial charge in [-0.1, -0.05) is 31.2 Å². The van der Waals surface area contributed by atoms with Crippen LogP contribution in [0, 0.1) is 6.92 Å². The SMILES string of the molecule is CCCN(CC(=O)Nc1ccccc1C)C(=O)/C=C/c1ccc(OC(F)F)c(OCC)c1. The molecular formula is C24H28F2N2O4. The summed E-state index contributed by atoms with van der Waals surface area (Å²) in [5.74, 6) is -0.546. The summed E-state index contributed by atoms with van der Waals surface area (Å²) >= 11 is 0. The second-order valence-electron chi connectivity index (χ2n) is 6.97. The van der Waals surface area contributed by atoms with E-state index in [4.69, 9.17) is 4.74 Å². The Labute approximate surface area is 186 Å². The van der Waals surface area contributed by atoms with Gasteiger partial charge in [0.25, 0.3) is 0 Å². The van der Waals surface area contributed by atoms with Crippen LogP contribution in [0.5, 0.6) is 11.5 Å². The van der Waals surface area contributed by atoms with E-state index < -0.39 is 6.61 Å². The van der Waals surface area contributed by atoms with Crippen LogP contribution < -0.4 is 14.8 Å². The number of ether oxygens (including phenoxy) is 2. The van der Waals surface area contributed by atoms with E-state index in [1.54, 1.807) is 25.1 Å². The minimum atomic E-state index is -2.97. The molecule has 32 heavy (non-hydrogen) atoms.